The molecule has 0 unspecified atom stereocenters. The van der Waals surface area contributed by atoms with E-state index in [0.717, 1.165) is 55.4 Å². The summed E-state index contributed by atoms with van der Waals surface area (Å²) in [5, 5.41) is 13.6. The number of fused-ring (bicyclic) bond motifs is 2. The fraction of sp³-hybridized carbons (Fsp3) is 0.333. The average molecular weight is 651 g/mol. The maximum absolute atomic E-state index is 11.5. The predicted molar refractivity (Wildman–Crippen MR) is 208 cm³/mol. The number of oxazole rings is 1. The van der Waals surface area contributed by atoms with Crippen LogP contribution in [0.25, 0.3) is 44.5 Å². The molecular formula is C45H50N2O2. The molecule has 0 bridgehead atoms. The number of nitrogens with zero attached hydrogens (tertiary/aromatic N) is 2. The van der Waals surface area contributed by atoms with Crippen LogP contribution in [0.1, 0.15) is 110 Å². The highest BCUT2D eigenvalue weighted by Crippen LogP contribution is 2.42. The van der Waals surface area contributed by atoms with E-state index in [1.54, 1.807) is 6.21 Å². The number of aliphatic imine (C=N–C) groups is 1. The smallest absolute Gasteiger partial charge is 0.229 e. The second-order valence-electron chi connectivity index (χ2n) is 16.8. The maximum Gasteiger partial charge on any atom is 0.229 e. The van der Waals surface area contributed by atoms with Crippen molar-refractivity contribution in [2.45, 2.75) is 98.3 Å². The van der Waals surface area contributed by atoms with Gasteiger partial charge in [-0.25, -0.2) is 4.98 Å². The minimum atomic E-state index is -0.241. The summed E-state index contributed by atoms with van der Waals surface area (Å²) in [5.74, 6) is 1.23. The third-order valence-electron chi connectivity index (χ3n) is 9.53. The van der Waals surface area contributed by atoms with Gasteiger partial charge >= 0.3 is 0 Å². The summed E-state index contributed by atoms with van der Waals surface area (Å²) in [4.78, 5) is 10.3. The van der Waals surface area contributed by atoms with E-state index in [9.17, 15) is 5.11 Å². The van der Waals surface area contributed by atoms with Crippen LogP contribution in [-0.2, 0) is 16.2 Å². The number of benzene rings is 5. The van der Waals surface area contributed by atoms with Crippen LogP contribution in [0.2, 0.25) is 0 Å². The van der Waals surface area contributed by atoms with Crippen LogP contribution in [0.3, 0.4) is 0 Å². The first-order valence-electron chi connectivity index (χ1n) is 17.4. The first-order valence-corrected chi connectivity index (χ1v) is 17.4. The molecule has 0 saturated carbocycles. The first-order chi connectivity index (χ1) is 22.9. The van der Waals surface area contributed by atoms with Crippen molar-refractivity contribution in [1.82, 2.24) is 4.98 Å². The predicted octanol–water partition coefficient (Wildman–Crippen LogP) is 12.8. The molecule has 1 N–H and O–H groups in total. The first kappa shape index (κ1) is 34.2. The van der Waals surface area contributed by atoms with Crippen LogP contribution >= 0.6 is 0 Å². The summed E-state index contributed by atoms with van der Waals surface area (Å²) in [6, 6.07) is 29.8. The summed E-state index contributed by atoms with van der Waals surface area (Å²) in [6.45, 7) is 24.1. The van der Waals surface area contributed by atoms with Crippen molar-refractivity contribution in [2.75, 3.05) is 0 Å². The lowest BCUT2D eigenvalue weighted by Gasteiger charge is -2.27. The number of rotatable bonds is 5. The second-order valence-corrected chi connectivity index (χ2v) is 16.8. The van der Waals surface area contributed by atoms with Gasteiger partial charge in [-0.05, 0) is 74.1 Å². The van der Waals surface area contributed by atoms with Gasteiger partial charge in [0.2, 0.25) is 5.89 Å². The van der Waals surface area contributed by atoms with Gasteiger partial charge in [0.05, 0.1) is 11.3 Å². The van der Waals surface area contributed by atoms with Crippen molar-refractivity contribution in [3.8, 4) is 28.3 Å². The molecule has 0 aliphatic carbocycles. The molecule has 0 aliphatic rings. The third kappa shape index (κ3) is 6.79. The maximum atomic E-state index is 11.5. The molecule has 0 saturated heterocycles. The van der Waals surface area contributed by atoms with Crippen molar-refractivity contribution in [2.24, 2.45) is 4.99 Å². The Bertz CT molecular complexity index is 2200. The van der Waals surface area contributed by atoms with Crippen LogP contribution in [-0.4, -0.2) is 16.3 Å². The molecule has 6 aromatic rings. The Morgan fingerprint density at radius 1 is 0.714 bits per heavy atom. The van der Waals surface area contributed by atoms with Gasteiger partial charge in [-0.15, -0.1) is 0 Å². The zero-order valence-electron chi connectivity index (χ0n) is 31.0. The van der Waals surface area contributed by atoms with Crippen molar-refractivity contribution >= 4 is 33.8 Å². The third-order valence-corrected chi connectivity index (χ3v) is 9.53. The number of aromatic nitrogens is 1. The van der Waals surface area contributed by atoms with Crippen molar-refractivity contribution in [3.05, 3.63) is 113 Å². The van der Waals surface area contributed by atoms with Gasteiger partial charge in [0.15, 0.2) is 5.58 Å². The van der Waals surface area contributed by atoms with Crippen LogP contribution in [0.5, 0.6) is 5.75 Å². The second kappa shape index (κ2) is 12.3. The highest BCUT2D eigenvalue weighted by molar-refractivity contribution is 6.03. The Hall–Kier alpha value is -4.70. The number of aromatic hydroxyl groups is 1. The molecule has 0 spiro atoms. The average Bonchev–Trinajstić information content (AvgIpc) is 3.46. The number of phenolic OH excluding ortho intramolecular Hbond substituents is 1. The summed E-state index contributed by atoms with van der Waals surface area (Å²) in [6.07, 6.45) is 1.80. The minimum absolute atomic E-state index is 0.0817. The van der Waals surface area contributed by atoms with Crippen LogP contribution in [0, 0.1) is 0 Å². The van der Waals surface area contributed by atoms with Crippen molar-refractivity contribution < 1.29 is 9.52 Å². The molecule has 0 aliphatic heterocycles. The molecule has 0 fully saturated rings. The van der Waals surface area contributed by atoms with Gasteiger partial charge in [-0.1, -0.05) is 137 Å². The molecule has 0 amide bonds. The minimum Gasteiger partial charge on any atom is -0.507 e. The number of hydrogen-bond acceptors (Lipinski definition) is 4. The van der Waals surface area contributed by atoms with Gasteiger partial charge in [0.25, 0.3) is 0 Å². The van der Waals surface area contributed by atoms with E-state index in [4.69, 9.17) is 14.4 Å². The fourth-order valence-corrected chi connectivity index (χ4v) is 6.31. The van der Waals surface area contributed by atoms with Crippen molar-refractivity contribution in [3.63, 3.8) is 0 Å². The number of hydrogen-bond donors (Lipinski definition) is 1. The molecule has 0 atom stereocenters. The molecule has 252 valence electrons. The summed E-state index contributed by atoms with van der Waals surface area (Å²) in [5.41, 5.74) is 10.1. The summed E-state index contributed by atoms with van der Waals surface area (Å²) >= 11 is 0. The van der Waals surface area contributed by atoms with E-state index >= 15 is 0 Å². The quantitative estimate of drug-likeness (QED) is 0.189. The molecule has 4 heteroatoms. The summed E-state index contributed by atoms with van der Waals surface area (Å²) in [7, 11) is 0. The molecule has 6 rings (SSSR count). The highest BCUT2D eigenvalue weighted by atomic mass is 16.3. The number of phenols is 1. The molecule has 49 heavy (non-hydrogen) atoms. The van der Waals surface area contributed by atoms with E-state index in [2.05, 4.69) is 143 Å². The largest absolute Gasteiger partial charge is 0.507 e. The Kier molecular flexibility index (Phi) is 8.59. The zero-order chi connectivity index (χ0) is 35.5. The van der Waals surface area contributed by atoms with E-state index in [-0.39, 0.29) is 22.0 Å². The van der Waals surface area contributed by atoms with Crippen LogP contribution in [0.4, 0.5) is 5.69 Å². The Labute approximate surface area is 292 Å². The lowest BCUT2D eigenvalue weighted by molar-refractivity contribution is 0.444. The van der Waals surface area contributed by atoms with Gasteiger partial charge in [-0.3, -0.25) is 4.99 Å². The molecule has 0 radical (unpaired) electrons. The van der Waals surface area contributed by atoms with Gasteiger partial charge in [0.1, 0.15) is 11.3 Å². The highest BCUT2D eigenvalue weighted by Gasteiger charge is 2.25. The topological polar surface area (TPSA) is 58.6 Å². The van der Waals surface area contributed by atoms with Gasteiger partial charge < -0.3 is 9.52 Å². The van der Waals surface area contributed by atoms with Gasteiger partial charge in [0, 0.05) is 28.3 Å². The molecule has 1 heterocycles. The van der Waals surface area contributed by atoms with Crippen LogP contribution < -0.4 is 0 Å². The fourth-order valence-electron chi connectivity index (χ4n) is 6.31. The Balaban J connectivity index is 1.57. The van der Waals surface area contributed by atoms with E-state index in [0.29, 0.717) is 17.4 Å². The lowest BCUT2D eigenvalue weighted by atomic mass is 9.79. The standard InChI is InChI=1S/C45H50N2O2/c1-27(2)28-16-18-30(19-17-28)36-23-33(44(6,7)8)25-38-40(36)47-42(49-38)35-21-20-29-14-12-13-15-34(29)39(35)46-26-31-22-32(43(3,4)5)24-37(41(31)48)45(9,10)11/h12-27,48H,1-11H3. The molecule has 1 aromatic heterocycles. The molecule has 5 aromatic carbocycles. The van der Waals surface area contributed by atoms with Crippen LogP contribution in [0.15, 0.2) is 94.3 Å². The van der Waals surface area contributed by atoms with Gasteiger partial charge in [-0.2, -0.15) is 0 Å². The Morgan fingerprint density at radius 2 is 1.37 bits per heavy atom. The zero-order valence-corrected chi connectivity index (χ0v) is 31.0. The van der Waals surface area contributed by atoms with Crippen molar-refractivity contribution in [1.29, 1.82) is 0 Å². The Morgan fingerprint density at radius 3 is 2.00 bits per heavy atom. The molecular weight excluding hydrogens is 601 g/mol. The monoisotopic (exact) mass is 650 g/mol. The lowest BCUT2D eigenvalue weighted by Crippen LogP contribution is -2.17. The van der Waals surface area contributed by atoms with E-state index in [1.165, 1.54) is 11.1 Å². The SMILES string of the molecule is CC(C)c1ccc(-c2cc(C(C)(C)C)cc3oc(-c4ccc5ccccc5c4N=Cc4cc(C(C)(C)C)cc(C(C)(C)C)c4O)nc23)cc1. The normalized spacial score (nSPS) is 13.0. The molecule has 4 nitrogen and oxygen atoms in total. The van der Waals surface area contributed by atoms with E-state index in [1.807, 2.05) is 18.2 Å². The van der Waals surface area contributed by atoms with E-state index < -0.39 is 0 Å². The summed E-state index contributed by atoms with van der Waals surface area (Å²) < 4.78 is 6.67.